The summed E-state index contributed by atoms with van der Waals surface area (Å²) in [5.74, 6) is -6.59. The topological polar surface area (TPSA) is 101 Å². The molecule has 6 nitrogen and oxygen atoms in total. The highest BCUT2D eigenvalue weighted by atomic mass is 35.5. The quantitative estimate of drug-likeness (QED) is 0.808. The summed E-state index contributed by atoms with van der Waals surface area (Å²) in [6.07, 6.45) is 0. The molecular formula is C15H13ClFNO5. The van der Waals surface area contributed by atoms with E-state index < -0.39 is 47.1 Å². The summed E-state index contributed by atoms with van der Waals surface area (Å²) in [7, 11) is 0. The summed E-state index contributed by atoms with van der Waals surface area (Å²) in [5, 5.41) is 10.3. The zero-order chi connectivity index (χ0) is 17.5. The van der Waals surface area contributed by atoms with Crippen LogP contribution in [-0.2, 0) is 19.8 Å². The largest absolute Gasteiger partial charge is 0.480 e. The molecule has 1 aromatic carbocycles. The molecule has 0 radical (unpaired) electrons. The van der Waals surface area contributed by atoms with E-state index in [-0.39, 0.29) is 16.1 Å². The lowest BCUT2D eigenvalue weighted by molar-refractivity contribution is -0.140. The van der Waals surface area contributed by atoms with Crippen molar-refractivity contribution in [2.45, 2.75) is 19.3 Å². The molecule has 0 saturated carbocycles. The molecule has 1 aromatic rings. The zero-order valence-corrected chi connectivity index (χ0v) is 13.0. The highest BCUT2D eigenvalue weighted by Crippen LogP contribution is 2.40. The predicted octanol–water partition coefficient (Wildman–Crippen LogP) is 1.34. The number of ketones is 2. The fourth-order valence-electron chi connectivity index (χ4n) is 2.63. The lowest BCUT2D eigenvalue weighted by Crippen LogP contribution is -2.52. The number of carboxylic acid groups (broad SMARTS) is 1. The first kappa shape index (κ1) is 17.1. The van der Waals surface area contributed by atoms with Crippen LogP contribution in [0.1, 0.15) is 29.8 Å². The van der Waals surface area contributed by atoms with Gasteiger partial charge in [0.1, 0.15) is 12.4 Å². The lowest BCUT2D eigenvalue weighted by Gasteiger charge is -2.34. The van der Waals surface area contributed by atoms with Crippen molar-refractivity contribution in [3.63, 3.8) is 0 Å². The van der Waals surface area contributed by atoms with Gasteiger partial charge < -0.3 is 10.4 Å². The Bertz CT molecular complexity index is 744. The van der Waals surface area contributed by atoms with Gasteiger partial charge in [-0.1, -0.05) is 11.6 Å². The van der Waals surface area contributed by atoms with Gasteiger partial charge in [-0.3, -0.25) is 19.2 Å². The Balaban J connectivity index is 2.53. The Morgan fingerprint density at radius 2 is 1.96 bits per heavy atom. The van der Waals surface area contributed by atoms with Gasteiger partial charge in [-0.2, -0.15) is 0 Å². The second kappa shape index (κ2) is 5.73. The molecule has 0 heterocycles. The SMILES string of the molecule is CC1(C)C(=O)C(C(=O)NCC(=O)O)C(=O)c2ccc(Cl)c(F)c21. The van der Waals surface area contributed by atoms with Crippen LogP contribution in [-0.4, -0.2) is 35.1 Å². The van der Waals surface area contributed by atoms with Crippen molar-refractivity contribution in [1.29, 1.82) is 0 Å². The Labute approximate surface area is 135 Å². The summed E-state index contributed by atoms with van der Waals surface area (Å²) in [6.45, 7) is 2.05. The monoisotopic (exact) mass is 341 g/mol. The van der Waals surface area contributed by atoms with Crippen molar-refractivity contribution in [1.82, 2.24) is 5.32 Å². The molecule has 1 aliphatic carbocycles. The van der Waals surface area contributed by atoms with E-state index in [9.17, 15) is 23.6 Å². The summed E-state index contributed by atoms with van der Waals surface area (Å²) in [5.41, 5.74) is -1.71. The van der Waals surface area contributed by atoms with Crippen molar-refractivity contribution in [2.24, 2.45) is 5.92 Å². The standard InChI is InChI=1S/C15H13ClFNO5/c1-15(2)10-6(3-4-7(16)11(10)17)12(21)9(13(15)22)14(23)18-5-8(19)20/h3-4,9H,5H2,1-2H3,(H,18,23)(H,19,20). The third-order valence-electron chi connectivity index (χ3n) is 3.80. The van der Waals surface area contributed by atoms with E-state index in [1.807, 2.05) is 5.32 Å². The van der Waals surface area contributed by atoms with Crippen molar-refractivity contribution < 1.29 is 28.7 Å². The Hall–Kier alpha value is -2.28. The molecule has 0 bridgehead atoms. The van der Waals surface area contributed by atoms with Crippen LogP contribution in [0.25, 0.3) is 0 Å². The Kier molecular flexibility index (Phi) is 4.26. The van der Waals surface area contributed by atoms with Gasteiger partial charge in [0, 0.05) is 11.1 Å². The van der Waals surface area contributed by atoms with E-state index in [4.69, 9.17) is 16.7 Å². The summed E-state index contributed by atoms with van der Waals surface area (Å²) >= 11 is 5.71. The fraction of sp³-hybridized carbons (Fsp3) is 0.333. The normalized spacial score (nSPS) is 19.2. The van der Waals surface area contributed by atoms with Gasteiger partial charge in [0.25, 0.3) is 0 Å². The van der Waals surface area contributed by atoms with E-state index in [1.165, 1.54) is 26.0 Å². The van der Waals surface area contributed by atoms with Gasteiger partial charge in [0.2, 0.25) is 5.91 Å². The van der Waals surface area contributed by atoms with E-state index in [0.29, 0.717) is 0 Å². The highest BCUT2D eigenvalue weighted by molar-refractivity contribution is 6.32. The smallest absolute Gasteiger partial charge is 0.322 e. The van der Waals surface area contributed by atoms with E-state index >= 15 is 0 Å². The van der Waals surface area contributed by atoms with E-state index in [2.05, 4.69) is 0 Å². The van der Waals surface area contributed by atoms with E-state index in [0.717, 1.165) is 0 Å². The molecule has 1 amide bonds. The second-order valence-corrected chi connectivity index (χ2v) is 6.09. The minimum Gasteiger partial charge on any atom is -0.480 e. The van der Waals surface area contributed by atoms with Gasteiger partial charge in [0.15, 0.2) is 17.5 Å². The van der Waals surface area contributed by atoms with Gasteiger partial charge in [0.05, 0.1) is 10.4 Å². The molecule has 0 aromatic heterocycles. The van der Waals surface area contributed by atoms with Gasteiger partial charge in [-0.25, -0.2) is 4.39 Å². The first-order valence-corrected chi connectivity index (χ1v) is 7.03. The molecule has 1 aliphatic rings. The number of carbonyl (C=O) groups is 4. The van der Waals surface area contributed by atoms with Crippen LogP contribution in [0.4, 0.5) is 4.39 Å². The number of fused-ring (bicyclic) bond motifs is 1. The molecule has 8 heteroatoms. The van der Waals surface area contributed by atoms with Gasteiger partial charge in [-0.05, 0) is 26.0 Å². The molecule has 0 saturated heterocycles. The van der Waals surface area contributed by atoms with Crippen LogP contribution in [0.2, 0.25) is 5.02 Å². The third-order valence-corrected chi connectivity index (χ3v) is 4.09. The molecule has 0 fully saturated rings. The van der Waals surface area contributed by atoms with Gasteiger partial charge >= 0.3 is 5.97 Å². The molecule has 2 N–H and O–H groups in total. The number of rotatable bonds is 3. The summed E-state index contributed by atoms with van der Waals surface area (Å²) in [6, 6.07) is 2.43. The van der Waals surface area contributed by atoms with E-state index in [1.54, 1.807) is 0 Å². The fourth-order valence-corrected chi connectivity index (χ4v) is 2.79. The maximum Gasteiger partial charge on any atom is 0.322 e. The minimum absolute atomic E-state index is 0.105. The van der Waals surface area contributed by atoms with Crippen LogP contribution in [0, 0.1) is 11.7 Å². The Morgan fingerprint density at radius 3 is 2.52 bits per heavy atom. The molecular weight excluding hydrogens is 329 g/mol. The maximum atomic E-state index is 14.3. The number of carboxylic acids is 1. The third kappa shape index (κ3) is 2.72. The van der Waals surface area contributed by atoms with Crippen LogP contribution in [0.3, 0.4) is 0 Å². The summed E-state index contributed by atoms with van der Waals surface area (Å²) < 4.78 is 14.3. The molecule has 0 aliphatic heterocycles. The highest BCUT2D eigenvalue weighted by Gasteiger charge is 2.50. The second-order valence-electron chi connectivity index (χ2n) is 5.68. The lowest BCUT2D eigenvalue weighted by atomic mass is 9.66. The number of hydrogen-bond acceptors (Lipinski definition) is 4. The first-order valence-electron chi connectivity index (χ1n) is 6.65. The molecule has 122 valence electrons. The molecule has 2 rings (SSSR count). The number of halogens is 2. The molecule has 23 heavy (non-hydrogen) atoms. The average molecular weight is 342 g/mol. The summed E-state index contributed by atoms with van der Waals surface area (Å²) in [4.78, 5) is 47.5. The van der Waals surface area contributed by atoms with Crippen molar-refractivity contribution in [3.8, 4) is 0 Å². The molecule has 0 spiro atoms. The van der Waals surface area contributed by atoms with Crippen molar-refractivity contribution >= 4 is 35.0 Å². The predicted molar refractivity (Wildman–Crippen MR) is 77.9 cm³/mol. The number of nitrogens with one attached hydrogen (secondary N) is 1. The zero-order valence-electron chi connectivity index (χ0n) is 12.3. The van der Waals surface area contributed by atoms with Crippen molar-refractivity contribution in [3.05, 3.63) is 34.1 Å². The first-order chi connectivity index (χ1) is 10.6. The number of aliphatic carboxylic acids is 1. The van der Waals surface area contributed by atoms with Crippen LogP contribution in [0.5, 0.6) is 0 Å². The Morgan fingerprint density at radius 1 is 1.35 bits per heavy atom. The number of amides is 1. The van der Waals surface area contributed by atoms with Crippen LogP contribution >= 0.6 is 11.6 Å². The molecule has 1 atom stereocenters. The maximum absolute atomic E-state index is 14.3. The minimum atomic E-state index is -1.71. The van der Waals surface area contributed by atoms with Gasteiger partial charge in [-0.15, -0.1) is 0 Å². The van der Waals surface area contributed by atoms with Crippen LogP contribution in [0.15, 0.2) is 12.1 Å². The number of carbonyl (C=O) groups excluding carboxylic acids is 3. The average Bonchev–Trinajstić information content (AvgIpc) is 2.46. The van der Waals surface area contributed by atoms with Crippen molar-refractivity contribution in [2.75, 3.05) is 6.54 Å². The number of benzene rings is 1. The molecule has 1 unspecified atom stereocenters. The number of Topliss-reactive ketones (excluding diaryl/α,β-unsaturated/α-hetero) is 2. The van der Waals surface area contributed by atoms with Crippen LogP contribution < -0.4 is 5.32 Å². The number of hydrogen-bond donors (Lipinski definition) is 2.